The Morgan fingerprint density at radius 1 is 1.16 bits per heavy atom. The second kappa shape index (κ2) is 8.12. The predicted octanol–water partition coefficient (Wildman–Crippen LogP) is 3.47. The van der Waals surface area contributed by atoms with Gasteiger partial charge in [0.2, 0.25) is 0 Å². The minimum atomic E-state index is -0.119. The third-order valence-corrected chi connectivity index (χ3v) is 4.43. The van der Waals surface area contributed by atoms with Crippen LogP contribution >= 0.6 is 11.6 Å². The van der Waals surface area contributed by atoms with Crippen molar-refractivity contribution in [2.75, 3.05) is 42.4 Å². The number of urea groups is 1. The second-order valence-corrected chi connectivity index (χ2v) is 6.21. The number of rotatable bonds is 5. The summed E-state index contributed by atoms with van der Waals surface area (Å²) in [6.45, 7) is 2.62. The van der Waals surface area contributed by atoms with E-state index >= 15 is 0 Å². The van der Waals surface area contributed by atoms with E-state index in [2.05, 4.69) is 22.3 Å². The van der Waals surface area contributed by atoms with Gasteiger partial charge in [0.1, 0.15) is 5.75 Å². The quantitative estimate of drug-likeness (QED) is 0.831. The maximum atomic E-state index is 12.4. The topological polar surface area (TPSA) is 44.8 Å². The zero-order valence-electron chi connectivity index (χ0n) is 14.2. The van der Waals surface area contributed by atoms with E-state index < -0.39 is 0 Å². The normalized spacial score (nSPS) is 13.4. The summed E-state index contributed by atoms with van der Waals surface area (Å²) in [5.74, 6) is 1.18. The standard InChI is InChI=1S/C19H22ClN3O2/c1-25-16-7-8-17-18(13-16)22(14-15-5-3-2-4-6-15)11-12-23(17)19(24)21-10-9-20/h2-8,13H,9-12,14H2,1H3,(H,21,24). The number of benzene rings is 2. The Labute approximate surface area is 153 Å². The van der Waals surface area contributed by atoms with E-state index in [9.17, 15) is 4.79 Å². The highest BCUT2D eigenvalue weighted by Crippen LogP contribution is 2.37. The summed E-state index contributed by atoms with van der Waals surface area (Å²) in [4.78, 5) is 16.5. The minimum Gasteiger partial charge on any atom is -0.497 e. The maximum absolute atomic E-state index is 12.4. The molecule has 0 spiro atoms. The van der Waals surface area contributed by atoms with Crippen molar-refractivity contribution in [2.45, 2.75) is 6.54 Å². The van der Waals surface area contributed by atoms with Crippen molar-refractivity contribution >= 4 is 29.0 Å². The van der Waals surface area contributed by atoms with Crippen LogP contribution in [0.25, 0.3) is 0 Å². The fourth-order valence-corrected chi connectivity index (χ4v) is 3.10. The first-order chi connectivity index (χ1) is 12.2. The van der Waals surface area contributed by atoms with Crippen molar-refractivity contribution < 1.29 is 9.53 Å². The number of amides is 2. The highest BCUT2D eigenvalue weighted by Gasteiger charge is 2.27. The van der Waals surface area contributed by atoms with E-state index in [1.54, 1.807) is 12.0 Å². The third kappa shape index (κ3) is 3.99. The summed E-state index contributed by atoms with van der Waals surface area (Å²) in [6, 6.07) is 16.0. The minimum absolute atomic E-state index is 0.119. The van der Waals surface area contributed by atoms with Crippen LogP contribution in [0.4, 0.5) is 16.2 Å². The van der Waals surface area contributed by atoms with Gasteiger partial charge in [-0.3, -0.25) is 4.90 Å². The van der Waals surface area contributed by atoms with Gasteiger partial charge in [0, 0.05) is 38.1 Å². The number of hydrogen-bond donors (Lipinski definition) is 1. The number of hydrogen-bond acceptors (Lipinski definition) is 3. The van der Waals surface area contributed by atoms with Gasteiger partial charge in [0.25, 0.3) is 0 Å². The van der Waals surface area contributed by atoms with E-state index in [0.29, 0.717) is 19.0 Å². The first kappa shape index (κ1) is 17.4. The summed E-state index contributed by atoms with van der Waals surface area (Å²) in [5.41, 5.74) is 3.11. The lowest BCUT2D eigenvalue weighted by Gasteiger charge is -2.38. The maximum Gasteiger partial charge on any atom is 0.322 e. The molecular formula is C19H22ClN3O2. The lowest BCUT2D eigenvalue weighted by molar-refractivity contribution is 0.246. The average molecular weight is 360 g/mol. The van der Waals surface area contributed by atoms with Gasteiger partial charge in [-0.2, -0.15) is 0 Å². The molecule has 0 radical (unpaired) electrons. The van der Waals surface area contributed by atoms with Crippen LogP contribution < -0.4 is 19.9 Å². The van der Waals surface area contributed by atoms with Gasteiger partial charge in [-0.1, -0.05) is 30.3 Å². The zero-order chi connectivity index (χ0) is 17.6. The van der Waals surface area contributed by atoms with Gasteiger partial charge in [0.15, 0.2) is 0 Å². The molecule has 0 unspecified atom stereocenters. The van der Waals surface area contributed by atoms with Crippen LogP contribution in [0, 0.1) is 0 Å². The summed E-state index contributed by atoms with van der Waals surface area (Å²) in [5, 5.41) is 2.84. The molecule has 0 atom stereocenters. The molecule has 132 valence electrons. The number of anilines is 2. The van der Waals surface area contributed by atoms with Crippen LogP contribution in [0.1, 0.15) is 5.56 Å². The number of carbonyl (C=O) groups excluding carboxylic acids is 1. The molecule has 2 aromatic rings. The van der Waals surface area contributed by atoms with Crippen LogP contribution in [0.5, 0.6) is 5.75 Å². The lowest BCUT2D eigenvalue weighted by Crippen LogP contribution is -2.48. The van der Waals surface area contributed by atoms with E-state index in [1.807, 2.05) is 36.4 Å². The number of alkyl halides is 1. The van der Waals surface area contributed by atoms with Crippen molar-refractivity contribution in [3.05, 3.63) is 54.1 Å². The summed E-state index contributed by atoms with van der Waals surface area (Å²) in [7, 11) is 1.65. The van der Waals surface area contributed by atoms with E-state index in [-0.39, 0.29) is 6.03 Å². The molecule has 0 bridgehead atoms. The number of carbonyl (C=O) groups is 1. The van der Waals surface area contributed by atoms with Crippen LogP contribution in [-0.4, -0.2) is 38.7 Å². The van der Waals surface area contributed by atoms with E-state index in [1.165, 1.54) is 5.56 Å². The van der Waals surface area contributed by atoms with Crippen molar-refractivity contribution in [3.8, 4) is 5.75 Å². The van der Waals surface area contributed by atoms with Crippen LogP contribution in [-0.2, 0) is 6.54 Å². The highest BCUT2D eigenvalue weighted by molar-refractivity contribution is 6.18. The number of fused-ring (bicyclic) bond motifs is 1. The van der Waals surface area contributed by atoms with Gasteiger partial charge in [-0.15, -0.1) is 11.6 Å². The zero-order valence-corrected chi connectivity index (χ0v) is 15.0. The smallest absolute Gasteiger partial charge is 0.322 e. The Balaban J connectivity index is 1.89. The molecule has 3 rings (SSSR count). The number of methoxy groups -OCH3 is 1. The van der Waals surface area contributed by atoms with Gasteiger partial charge < -0.3 is 15.0 Å². The summed E-state index contributed by atoms with van der Waals surface area (Å²) >= 11 is 5.68. The Bertz CT molecular complexity index is 724. The second-order valence-electron chi connectivity index (χ2n) is 5.83. The monoisotopic (exact) mass is 359 g/mol. The average Bonchev–Trinajstić information content (AvgIpc) is 2.66. The molecule has 0 aromatic heterocycles. The summed E-state index contributed by atoms with van der Waals surface area (Å²) in [6.07, 6.45) is 0. The van der Waals surface area contributed by atoms with Gasteiger partial charge >= 0.3 is 6.03 Å². The van der Waals surface area contributed by atoms with Gasteiger partial charge in [-0.25, -0.2) is 4.79 Å². The number of nitrogens with zero attached hydrogens (tertiary/aromatic N) is 2. The molecule has 6 heteroatoms. The fourth-order valence-electron chi connectivity index (χ4n) is 3.00. The van der Waals surface area contributed by atoms with Crippen LogP contribution in [0.2, 0.25) is 0 Å². The molecule has 5 nitrogen and oxygen atoms in total. The van der Waals surface area contributed by atoms with E-state index in [4.69, 9.17) is 16.3 Å². The molecular weight excluding hydrogens is 338 g/mol. The third-order valence-electron chi connectivity index (χ3n) is 4.24. The van der Waals surface area contributed by atoms with Gasteiger partial charge in [0.05, 0.1) is 18.5 Å². The molecule has 1 aliphatic heterocycles. The highest BCUT2D eigenvalue weighted by atomic mass is 35.5. The molecule has 1 N–H and O–H groups in total. The largest absolute Gasteiger partial charge is 0.497 e. The first-order valence-electron chi connectivity index (χ1n) is 8.31. The summed E-state index contributed by atoms with van der Waals surface area (Å²) < 4.78 is 5.38. The van der Waals surface area contributed by atoms with Crippen molar-refractivity contribution in [1.29, 1.82) is 0 Å². The van der Waals surface area contributed by atoms with Crippen molar-refractivity contribution in [2.24, 2.45) is 0 Å². The molecule has 25 heavy (non-hydrogen) atoms. The molecule has 0 saturated carbocycles. The fraction of sp³-hybridized carbons (Fsp3) is 0.316. The molecule has 1 aliphatic rings. The van der Waals surface area contributed by atoms with Gasteiger partial charge in [-0.05, 0) is 17.7 Å². The number of ether oxygens (including phenoxy) is 1. The molecule has 0 saturated heterocycles. The predicted molar refractivity (Wildman–Crippen MR) is 102 cm³/mol. The Kier molecular flexibility index (Phi) is 5.66. The molecule has 2 aromatic carbocycles. The Morgan fingerprint density at radius 2 is 1.96 bits per heavy atom. The number of halogens is 1. The Hall–Kier alpha value is -2.40. The van der Waals surface area contributed by atoms with Crippen LogP contribution in [0.15, 0.2) is 48.5 Å². The molecule has 2 amide bonds. The lowest BCUT2D eigenvalue weighted by atomic mass is 10.1. The molecule has 0 fully saturated rings. The first-order valence-corrected chi connectivity index (χ1v) is 8.84. The van der Waals surface area contributed by atoms with E-state index in [0.717, 1.165) is 30.2 Å². The number of nitrogens with one attached hydrogen (secondary N) is 1. The van der Waals surface area contributed by atoms with Crippen molar-refractivity contribution in [1.82, 2.24) is 5.32 Å². The Morgan fingerprint density at radius 3 is 2.68 bits per heavy atom. The van der Waals surface area contributed by atoms with Crippen LogP contribution in [0.3, 0.4) is 0 Å². The molecule has 1 heterocycles. The van der Waals surface area contributed by atoms with Crippen molar-refractivity contribution in [3.63, 3.8) is 0 Å². The molecule has 0 aliphatic carbocycles. The SMILES string of the molecule is COc1ccc2c(c1)N(Cc1ccccc1)CCN2C(=O)NCCCl.